The molecule has 93 heteroatoms. The van der Waals surface area contributed by atoms with Gasteiger partial charge in [0.1, 0.15) is 0 Å². The zero-order valence-electron chi connectivity index (χ0n) is 48.8. The highest BCUT2D eigenvalue weighted by molar-refractivity contribution is 9.35. The van der Waals surface area contributed by atoms with E-state index in [0.717, 1.165) is 7.96 Å². The van der Waals surface area contributed by atoms with Gasteiger partial charge in [-0.3, -0.25) is 0 Å². The molecule has 0 bridgehead atoms. The van der Waals surface area contributed by atoms with Crippen molar-refractivity contribution in [3.8, 4) is 0 Å². The van der Waals surface area contributed by atoms with Crippen LogP contribution in [-0.4, -0.2) is 49.4 Å². The van der Waals surface area contributed by atoms with Crippen molar-refractivity contribution in [1.82, 2.24) is 0 Å². The second-order valence-electron chi connectivity index (χ2n) is 17.0. The molecule has 0 aliphatic rings. The SMILES string of the molecule is PPP(P(P)P)P(B(B(B(B(P(P(P)P)P(P)P)P(P(P)P)P(P)P)B(P(P(P)P)P(P)P)P(P(P)P)P(P)P)B(B(P(P(P)P)P(P)P)P(P(P)P)P(P)P)B(P(P(P)P)P(P)P)P(P(P)P)P(P)P)P(P(P(P)P)P(P)P)P(P(P)P)P(P)P)P(P(P)P)P(P)P. The fourth-order valence-electron chi connectivity index (χ4n) is 8.70. The molecule has 50 unspecified atom stereocenters. The molecule has 93 heavy (non-hydrogen) atoms. The zero-order chi connectivity index (χ0) is 73.7. The van der Waals surface area contributed by atoms with E-state index in [0.29, 0.717) is 49.4 Å². The summed E-state index contributed by atoms with van der Waals surface area (Å²) in [5.41, 5.74) is 0. The van der Waals surface area contributed by atoms with Crippen LogP contribution in [0.25, 0.3) is 0 Å². The average Bonchev–Trinajstić information content (AvgIpc) is 3.33. The smallest absolute Gasteiger partial charge is 0.109 e. The first-order valence-electron chi connectivity index (χ1n) is 22.7. The van der Waals surface area contributed by atoms with E-state index in [2.05, 4.69) is 420 Å². The summed E-state index contributed by atoms with van der Waals surface area (Å²) in [5.74, 6) is 0. The van der Waals surface area contributed by atoms with Crippen molar-refractivity contribution < 1.29 is 0 Å². The molecule has 0 radical (unpaired) electrons. The van der Waals surface area contributed by atoms with Gasteiger partial charge in [-0.25, -0.2) is 0 Å². The van der Waals surface area contributed by atoms with Gasteiger partial charge >= 0.3 is 0 Å². The number of hydrogen-bond donors (Lipinski definition) is 0. The Kier molecular flexibility index (Phi) is 98.8. The van der Waals surface area contributed by atoms with Gasteiger partial charge in [-0.05, 0) is 189 Å². The highest BCUT2D eigenvalue weighted by Crippen LogP contribution is 3.28. The molecule has 0 aromatic carbocycles. The molecule has 0 aromatic heterocycles. The molecule has 544 valence electrons. The van der Waals surface area contributed by atoms with Crippen LogP contribution in [0.3, 0.4) is 0 Å². The van der Waals surface area contributed by atoms with Crippen LogP contribution in [0.15, 0.2) is 0 Å². The minimum atomic E-state index is -0.610. The maximum Gasteiger partial charge on any atom is 0.177 e. The second-order valence-corrected chi connectivity index (χ2v) is 325. The molecule has 0 N–H and O–H groups in total. The summed E-state index contributed by atoms with van der Waals surface area (Å²) in [6.07, 6.45) is 1.57. The monoisotopic (exact) mass is 2820 g/mol. The zero-order valence-corrected chi connectivity index (χ0v) is 137. The van der Waals surface area contributed by atoms with E-state index in [4.69, 9.17) is 0 Å². The molecule has 0 saturated carbocycles. The van der Waals surface area contributed by atoms with Crippen molar-refractivity contribution in [2.45, 2.75) is 0 Å². The van der Waals surface area contributed by atoms with Crippen LogP contribution in [0, 0.1) is 0 Å². The van der Waals surface area contributed by atoms with Crippen LogP contribution in [0.2, 0.25) is 0 Å². The third-order valence-electron chi connectivity index (χ3n) is 11.1. The lowest BCUT2D eigenvalue weighted by atomic mass is 8.65. The van der Waals surface area contributed by atoms with Gasteiger partial charge < -0.3 is 0 Å². The van der Waals surface area contributed by atoms with Crippen LogP contribution in [0.1, 0.15) is 0 Å². The predicted octanol–water partition coefficient (Wildman–Crippen LogP) is 44.7. The first-order chi connectivity index (χ1) is 42.3. The molecule has 0 aliphatic heterocycles. The molecule has 0 heterocycles. The van der Waals surface area contributed by atoms with E-state index in [1.165, 1.54) is 0 Å². The Hall–Kier alpha value is 37.1. The van der Waals surface area contributed by atoms with Crippen molar-refractivity contribution in [2.24, 2.45) is 0 Å². The van der Waals surface area contributed by atoms with Gasteiger partial charge in [-0.1, -0.05) is 79.7 Å². The molecule has 0 fully saturated rings. The summed E-state index contributed by atoms with van der Waals surface area (Å²) in [6, 6.07) is 3.04. The molecule has 50 atom stereocenters. The lowest BCUT2D eigenvalue weighted by Crippen LogP contribution is -2.73. The van der Waals surface area contributed by atoms with Crippen molar-refractivity contribution >= 4 is 737 Å². The Bertz CT molecular complexity index is 1550. The lowest BCUT2D eigenvalue weighted by molar-refractivity contribution is 3.40. The Morgan fingerprint density at radius 3 is 0.376 bits per heavy atom. The Morgan fingerprint density at radius 2 is 0.269 bits per heavy atom. The number of hydrogen-bond acceptors (Lipinski definition) is 0. The molecule has 0 aromatic rings. The first-order valence-corrected chi connectivity index (χ1v) is 170. The van der Waals surface area contributed by atoms with Crippen molar-refractivity contribution in [1.29, 1.82) is 0 Å². The van der Waals surface area contributed by atoms with E-state index in [9.17, 15) is 0 Å². The Labute approximate surface area is 725 Å². The van der Waals surface area contributed by atoms with Gasteiger partial charge in [-0.15, -0.1) is 420 Å². The van der Waals surface area contributed by atoms with Crippen LogP contribution in [-0.2, 0) is 0 Å². The summed E-state index contributed by atoms with van der Waals surface area (Å²) in [4.78, 5) is 0. The van der Waals surface area contributed by atoms with Gasteiger partial charge in [0, 0.05) is 6.39 Å². The Balaban J connectivity index is 14.1. The van der Waals surface area contributed by atoms with Crippen molar-refractivity contribution in [2.75, 3.05) is 0 Å². The lowest BCUT2D eigenvalue weighted by Gasteiger charge is -2.60. The fraction of sp³-hybridized carbons (Fsp3) is 0. The van der Waals surface area contributed by atoms with Crippen molar-refractivity contribution in [3.63, 3.8) is 0 Å². The average molecular weight is 2820 g/mol. The van der Waals surface area contributed by atoms with Gasteiger partial charge in [0.2, 0.25) is 0 Å². The summed E-state index contributed by atoms with van der Waals surface area (Å²) < 4.78 is 0. The predicted molar refractivity (Wildman–Crippen MR) is 767 cm³/mol. The normalized spacial score (nSPS) is 14.6. The van der Waals surface area contributed by atoms with Gasteiger partial charge in [0.25, 0.3) is 0 Å². The molecular formula is H95B8P85. The summed E-state index contributed by atoms with van der Waals surface area (Å²) >= 11 is 0. The fourth-order valence-corrected chi connectivity index (χ4v) is 682. The standard InChI is InChI=1S/B8H95P85/c9-56-90(83(42)43)65(91(84(44)45)85(46)47)4(66(92(86(48)49)87(50)51)93(88(52)53)89(54)55)1(2(5(57(67(10)11)68(12)13)58(69(14)15)70(16)17)6(59(71(18)19)72(20)21)60(73(22)23)74(24)25)3(7(61(75(26)27)76(28)29)62(77(30)31)78(32)33)8(63(79(34)35)80(36)37)64(81(38)39)82(40)41/h56H,9-55H2. The maximum absolute atomic E-state index is 3.72. The second kappa shape index (κ2) is 70.7. The van der Waals surface area contributed by atoms with E-state index in [-0.39, 0.29) is 0 Å². The van der Waals surface area contributed by atoms with E-state index < -0.39 is 260 Å². The minimum Gasteiger partial charge on any atom is -0.109 e. The molecule has 0 nitrogen and oxygen atoms in total. The third kappa shape index (κ3) is 45.1. The third-order valence-corrected chi connectivity index (χ3v) is 402. The molecule has 0 amide bonds. The maximum atomic E-state index is 3.72. The quantitative estimate of drug-likeness (QED) is 0.0421. The van der Waals surface area contributed by atoms with Gasteiger partial charge in [0.05, 0.1) is 12.8 Å². The molecule has 0 rings (SSSR count). The van der Waals surface area contributed by atoms with Crippen LogP contribution in [0.5, 0.6) is 0 Å². The van der Waals surface area contributed by atoms with Crippen LogP contribution in [0.4, 0.5) is 0 Å². The highest BCUT2D eigenvalue weighted by atomic mass is 33.3. The summed E-state index contributed by atoms with van der Waals surface area (Å²) in [5, 5.41) is 0. The summed E-state index contributed by atoms with van der Waals surface area (Å²) in [7, 11) is 170. The molecule has 0 aliphatic carbocycles. The molecule has 0 spiro atoms. The van der Waals surface area contributed by atoms with Crippen LogP contribution >= 0.6 is 688 Å². The molecule has 0 saturated heterocycles. The topological polar surface area (TPSA) is 0 Å². The van der Waals surface area contributed by atoms with Gasteiger partial charge in [0.15, 0.2) is 30.2 Å². The largest absolute Gasteiger partial charge is 0.177 e. The molecular weight excluding hydrogens is 2720 g/mol. The van der Waals surface area contributed by atoms with Crippen LogP contribution < -0.4 is 0 Å². The van der Waals surface area contributed by atoms with Gasteiger partial charge in [-0.2, -0.15) is 0 Å². The Morgan fingerprint density at radius 1 is 0.140 bits per heavy atom. The minimum absolute atomic E-state index is 0.424. The highest BCUT2D eigenvalue weighted by Gasteiger charge is 2.71. The van der Waals surface area contributed by atoms with E-state index in [1.54, 1.807) is 0 Å². The van der Waals surface area contributed by atoms with E-state index >= 15 is 0 Å². The van der Waals surface area contributed by atoms with Crippen molar-refractivity contribution in [3.05, 3.63) is 0 Å². The summed E-state index contributed by atoms with van der Waals surface area (Å²) in [6.45, 7) is -12.9. The first kappa shape index (κ1) is 130. The number of rotatable bonds is 45. The van der Waals surface area contributed by atoms with E-state index in [1.807, 2.05) is 0 Å².